The Hall–Kier alpha value is -0.890. The summed E-state index contributed by atoms with van der Waals surface area (Å²) in [6.07, 6.45) is 9.57. The second kappa shape index (κ2) is 6.33. The van der Waals surface area contributed by atoms with Crippen LogP contribution in [0.4, 0.5) is 0 Å². The van der Waals surface area contributed by atoms with Crippen molar-refractivity contribution in [3.8, 4) is 0 Å². The number of hydrogen-bond acceptors (Lipinski definition) is 2. The molecule has 1 aromatic rings. The van der Waals surface area contributed by atoms with Crippen LogP contribution in [0.2, 0.25) is 5.02 Å². The van der Waals surface area contributed by atoms with Gasteiger partial charge in [0.2, 0.25) is 0 Å². The maximum Gasteiger partial charge on any atom is 0.140 e. The molecule has 18 heavy (non-hydrogen) atoms. The lowest BCUT2D eigenvalue weighted by atomic mass is 9.77. The Balaban J connectivity index is 1.97. The number of ketones is 1. The number of carbonyl (C=O) groups excluding carboxylic acids is 1. The van der Waals surface area contributed by atoms with Crippen molar-refractivity contribution in [1.29, 1.82) is 0 Å². The van der Waals surface area contributed by atoms with Crippen LogP contribution in [-0.2, 0) is 11.2 Å². The first-order valence-corrected chi connectivity index (χ1v) is 7.19. The van der Waals surface area contributed by atoms with Gasteiger partial charge >= 0.3 is 0 Å². The second-order valence-electron chi connectivity index (χ2n) is 5.25. The van der Waals surface area contributed by atoms with Gasteiger partial charge in [0.15, 0.2) is 0 Å². The maximum absolute atomic E-state index is 12.3. The van der Waals surface area contributed by atoms with Crippen LogP contribution in [-0.4, -0.2) is 10.8 Å². The van der Waals surface area contributed by atoms with Crippen LogP contribution >= 0.6 is 11.6 Å². The van der Waals surface area contributed by atoms with Gasteiger partial charge in [-0.05, 0) is 30.4 Å². The molecule has 1 aliphatic carbocycles. The number of aromatic nitrogens is 1. The summed E-state index contributed by atoms with van der Waals surface area (Å²) in [4.78, 5) is 16.2. The number of hydrogen-bond donors (Lipinski definition) is 0. The van der Waals surface area contributed by atoms with Crippen molar-refractivity contribution in [3.05, 3.63) is 29.0 Å². The Bertz CT molecular complexity index is 419. The highest BCUT2D eigenvalue weighted by atomic mass is 35.5. The van der Waals surface area contributed by atoms with Crippen LogP contribution in [0.25, 0.3) is 0 Å². The zero-order valence-corrected chi connectivity index (χ0v) is 11.6. The van der Waals surface area contributed by atoms with Crippen LogP contribution in [0, 0.1) is 11.8 Å². The number of pyridine rings is 1. The third-order valence-electron chi connectivity index (χ3n) is 4.04. The molecule has 3 heteroatoms. The summed E-state index contributed by atoms with van der Waals surface area (Å²) >= 11 is 6.05. The molecule has 1 fully saturated rings. The fraction of sp³-hybridized carbons (Fsp3) is 0.600. The smallest absolute Gasteiger partial charge is 0.140 e. The highest BCUT2D eigenvalue weighted by Crippen LogP contribution is 2.32. The molecule has 0 radical (unpaired) electrons. The van der Waals surface area contributed by atoms with E-state index in [4.69, 9.17) is 11.6 Å². The fourth-order valence-electron chi connectivity index (χ4n) is 2.83. The first-order chi connectivity index (χ1) is 8.70. The van der Waals surface area contributed by atoms with Gasteiger partial charge < -0.3 is 0 Å². The summed E-state index contributed by atoms with van der Waals surface area (Å²) in [6, 6.07) is 1.85. The van der Waals surface area contributed by atoms with Crippen LogP contribution < -0.4 is 0 Å². The van der Waals surface area contributed by atoms with Gasteiger partial charge in [-0.2, -0.15) is 0 Å². The monoisotopic (exact) mass is 265 g/mol. The molecule has 1 aromatic heterocycles. The van der Waals surface area contributed by atoms with E-state index in [0.717, 1.165) is 24.3 Å². The summed E-state index contributed by atoms with van der Waals surface area (Å²) in [5, 5.41) is 0.605. The number of Topliss-reactive ketones (excluding diaryl/α,β-unsaturated/α-hetero) is 1. The van der Waals surface area contributed by atoms with E-state index in [2.05, 4.69) is 11.9 Å². The van der Waals surface area contributed by atoms with Crippen LogP contribution in [0.15, 0.2) is 18.5 Å². The minimum absolute atomic E-state index is 0.243. The molecule has 2 atom stereocenters. The molecule has 0 N–H and O–H groups in total. The maximum atomic E-state index is 12.3. The number of halogens is 1. The Labute approximate surface area is 114 Å². The van der Waals surface area contributed by atoms with Crippen LogP contribution in [0.5, 0.6) is 0 Å². The molecule has 0 aromatic carbocycles. The summed E-state index contributed by atoms with van der Waals surface area (Å²) in [7, 11) is 0. The van der Waals surface area contributed by atoms with Crippen LogP contribution in [0.1, 0.15) is 44.6 Å². The normalized spacial score (nSPS) is 23.9. The largest absolute Gasteiger partial charge is 0.299 e. The van der Waals surface area contributed by atoms with E-state index in [1.54, 1.807) is 12.4 Å². The molecule has 0 aliphatic heterocycles. The van der Waals surface area contributed by atoms with Crippen molar-refractivity contribution in [2.75, 3.05) is 0 Å². The zero-order valence-electron chi connectivity index (χ0n) is 10.9. The molecule has 0 saturated heterocycles. The molecule has 1 heterocycles. The van der Waals surface area contributed by atoms with Gasteiger partial charge in [-0.15, -0.1) is 0 Å². The van der Waals surface area contributed by atoms with Crippen molar-refractivity contribution in [3.63, 3.8) is 0 Å². The van der Waals surface area contributed by atoms with E-state index in [1.165, 1.54) is 19.3 Å². The molecule has 0 bridgehead atoms. The zero-order chi connectivity index (χ0) is 13.0. The SMILES string of the molecule is CCC1CCCC(C(=O)Cc2ccncc2Cl)C1. The van der Waals surface area contributed by atoms with E-state index in [-0.39, 0.29) is 5.92 Å². The van der Waals surface area contributed by atoms with Crippen LogP contribution in [0.3, 0.4) is 0 Å². The molecule has 2 nitrogen and oxygen atoms in total. The molecule has 0 spiro atoms. The molecule has 1 aliphatic rings. The van der Waals surface area contributed by atoms with Gasteiger partial charge in [0.25, 0.3) is 0 Å². The lowest BCUT2D eigenvalue weighted by Gasteiger charge is -2.27. The minimum atomic E-state index is 0.243. The Morgan fingerprint density at radius 2 is 2.33 bits per heavy atom. The van der Waals surface area contributed by atoms with E-state index in [1.807, 2.05) is 6.07 Å². The predicted octanol–water partition coefficient (Wildman–Crippen LogP) is 4.06. The average molecular weight is 266 g/mol. The van der Waals surface area contributed by atoms with E-state index in [9.17, 15) is 4.79 Å². The Morgan fingerprint density at radius 1 is 1.50 bits per heavy atom. The van der Waals surface area contributed by atoms with Gasteiger partial charge in [0.1, 0.15) is 5.78 Å². The van der Waals surface area contributed by atoms with Gasteiger partial charge in [0, 0.05) is 24.7 Å². The van der Waals surface area contributed by atoms with Gasteiger partial charge in [-0.25, -0.2) is 0 Å². The Morgan fingerprint density at radius 3 is 3.06 bits per heavy atom. The van der Waals surface area contributed by atoms with Crippen molar-refractivity contribution in [2.24, 2.45) is 11.8 Å². The molecule has 2 unspecified atom stereocenters. The number of nitrogens with zero attached hydrogens (tertiary/aromatic N) is 1. The summed E-state index contributed by atoms with van der Waals surface area (Å²) in [6.45, 7) is 2.22. The topological polar surface area (TPSA) is 30.0 Å². The average Bonchev–Trinajstić information content (AvgIpc) is 2.41. The lowest BCUT2D eigenvalue weighted by molar-refractivity contribution is -0.123. The van der Waals surface area contributed by atoms with E-state index in [0.29, 0.717) is 17.2 Å². The van der Waals surface area contributed by atoms with E-state index < -0.39 is 0 Å². The minimum Gasteiger partial charge on any atom is -0.299 e. The molecular formula is C15H20ClNO. The first-order valence-electron chi connectivity index (χ1n) is 6.81. The first kappa shape index (κ1) is 13.5. The van der Waals surface area contributed by atoms with Crippen molar-refractivity contribution < 1.29 is 4.79 Å². The summed E-state index contributed by atoms with van der Waals surface area (Å²) in [5.41, 5.74) is 0.912. The summed E-state index contributed by atoms with van der Waals surface area (Å²) in [5.74, 6) is 1.33. The van der Waals surface area contributed by atoms with E-state index >= 15 is 0 Å². The van der Waals surface area contributed by atoms with Crippen molar-refractivity contribution in [1.82, 2.24) is 4.98 Å². The number of carbonyl (C=O) groups is 1. The highest BCUT2D eigenvalue weighted by Gasteiger charge is 2.26. The van der Waals surface area contributed by atoms with Crippen molar-refractivity contribution >= 4 is 17.4 Å². The third-order valence-corrected chi connectivity index (χ3v) is 4.38. The van der Waals surface area contributed by atoms with Gasteiger partial charge in [-0.1, -0.05) is 37.8 Å². The molecule has 0 amide bonds. The predicted molar refractivity (Wildman–Crippen MR) is 73.7 cm³/mol. The Kier molecular flexibility index (Phi) is 4.76. The quantitative estimate of drug-likeness (QED) is 0.822. The van der Waals surface area contributed by atoms with Crippen molar-refractivity contribution in [2.45, 2.75) is 45.4 Å². The van der Waals surface area contributed by atoms with Gasteiger partial charge in [0.05, 0.1) is 5.02 Å². The number of rotatable bonds is 4. The third kappa shape index (κ3) is 3.32. The van der Waals surface area contributed by atoms with Gasteiger partial charge in [-0.3, -0.25) is 9.78 Å². The fourth-order valence-corrected chi connectivity index (χ4v) is 3.02. The second-order valence-corrected chi connectivity index (χ2v) is 5.66. The molecule has 1 saturated carbocycles. The molecule has 98 valence electrons. The molecule has 2 rings (SSSR count). The molecular weight excluding hydrogens is 246 g/mol. The highest BCUT2D eigenvalue weighted by molar-refractivity contribution is 6.31. The standard InChI is InChI=1S/C15H20ClNO/c1-2-11-4-3-5-13(8-11)15(18)9-12-6-7-17-10-14(12)16/h6-7,10-11,13H,2-5,8-9H2,1H3. The summed E-state index contributed by atoms with van der Waals surface area (Å²) < 4.78 is 0. The lowest BCUT2D eigenvalue weighted by Crippen LogP contribution is -2.24.